The molecule has 2 heterocycles. The normalized spacial score (nSPS) is 14.6. The summed E-state index contributed by atoms with van der Waals surface area (Å²) in [6.45, 7) is 0.818. The van der Waals surface area contributed by atoms with Gasteiger partial charge >= 0.3 is 0 Å². The maximum atomic E-state index is 4.56. The van der Waals surface area contributed by atoms with Crippen LogP contribution in [0.4, 0.5) is 5.82 Å². The zero-order valence-corrected chi connectivity index (χ0v) is 12.4. The molecule has 19 heavy (non-hydrogen) atoms. The van der Waals surface area contributed by atoms with Crippen LogP contribution in [0.5, 0.6) is 0 Å². The van der Waals surface area contributed by atoms with Crippen molar-refractivity contribution in [2.75, 3.05) is 11.9 Å². The predicted octanol–water partition coefficient (Wildman–Crippen LogP) is 2.50. The molecule has 1 fully saturated rings. The molecular formula is C13H16BrN5. The lowest BCUT2D eigenvalue weighted by atomic mass is 10.3. The molecule has 0 saturated heterocycles. The van der Waals surface area contributed by atoms with Crippen molar-refractivity contribution in [2.24, 2.45) is 7.05 Å². The van der Waals surface area contributed by atoms with Gasteiger partial charge in [0.15, 0.2) is 0 Å². The van der Waals surface area contributed by atoms with E-state index < -0.39 is 0 Å². The average Bonchev–Trinajstić information content (AvgIpc) is 3.14. The average molecular weight is 322 g/mol. The van der Waals surface area contributed by atoms with Crippen molar-refractivity contribution < 1.29 is 0 Å². The summed E-state index contributed by atoms with van der Waals surface area (Å²) < 4.78 is 2.89. The monoisotopic (exact) mass is 321 g/mol. The van der Waals surface area contributed by atoms with Crippen molar-refractivity contribution in [3.63, 3.8) is 0 Å². The van der Waals surface area contributed by atoms with Crippen LogP contribution in [0.1, 0.15) is 30.4 Å². The predicted molar refractivity (Wildman–Crippen MR) is 77.1 cm³/mol. The number of anilines is 1. The van der Waals surface area contributed by atoms with E-state index >= 15 is 0 Å². The van der Waals surface area contributed by atoms with Crippen molar-refractivity contribution in [3.05, 3.63) is 34.7 Å². The number of aryl methyl sites for hydroxylation is 1. The molecule has 0 radical (unpaired) electrons. The fourth-order valence-corrected chi connectivity index (χ4v) is 2.39. The Morgan fingerprint density at radius 1 is 1.42 bits per heavy atom. The standard InChI is InChI=1S/C13H16BrN5/c1-19-7-6-16-12(19)4-5-15-11-8-10(14)17-13(18-11)9-2-3-9/h6-9H,2-5H2,1H3,(H,15,17,18). The number of nitrogens with one attached hydrogen (secondary N) is 1. The number of hydrogen-bond acceptors (Lipinski definition) is 4. The van der Waals surface area contributed by atoms with E-state index in [1.165, 1.54) is 12.8 Å². The summed E-state index contributed by atoms with van der Waals surface area (Å²) in [5, 5.41) is 3.34. The van der Waals surface area contributed by atoms with Crippen molar-refractivity contribution in [1.82, 2.24) is 19.5 Å². The zero-order valence-electron chi connectivity index (χ0n) is 10.8. The van der Waals surface area contributed by atoms with Gasteiger partial charge in [0.25, 0.3) is 0 Å². The summed E-state index contributed by atoms with van der Waals surface area (Å²) in [5.41, 5.74) is 0. The highest BCUT2D eigenvalue weighted by Gasteiger charge is 2.27. The summed E-state index contributed by atoms with van der Waals surface area (Å²) in [6, 6.07) is 1.92. The summed E-state index contributed by atoms with van der Waals surface area (Å²) in [6.07, 6.45) is 7.08. The number of rotatable bonds is 5. The highest BCUT2D eigenvalue weighted by molar-refractivity contribution is 9.10. The number of nitrogens with zero attached hydrogens (tertiary/aromatic N) is 4. The van der Waals surface area contributed by atoms with Gasteiger partial charge in [-0.15, -0.1) is 0 Å². The topological polar surface area (TPSA) is 55.6 Å². The van der Waals surface area contributed by atoms with Crippen molar-refractivity contribution in [3.8, 4) is 0 Å². The molecule has 0 unspecified atom stereocenters. The van der Waals surface area contributed by atoms with Gasteiger partial charge in [0.05, 0.1) is 0 Å². The second kappa shape index (κ2) is 5.28. The SMILES string of the molecule is Cn1ccnc1CCNc1cc(Br)nc(C2CC2)n1. The summed E-state index contributed by atoms with van der Waals surface area (Å²) in [4.78, 5) is 13.3. The van der Waals surface area contributed by atoms with Crippen LogP contribution >= 0.6 is 15.9 Å². The van der Waals surface area contributed by atoms with Crippen LogP contribution in [0, 0.1) is 0 Å². The molecule has 2 aromatic rings. The Bertz CT molecular complexity index is 576. The lowest BCUT2D eigenvalue weighted by molar-refractivity contribution is 0.787. The lowest BCUT2D eigenvalue weighted by Crippen LogP contribution is -2.10. The first kappa shape index (κ1) is 12.6. The third-order valence-corrected chi connectivity index (χ3v) is 3.64. The zero-order chi connectivity index (χ0) is 13.2. The Morgan fingerprint density at radius 3 is 2.95 bits per heavy atom. The van der Waals surface area contributed by atoms with Gasteiger partial charge in [0.2, 0.25) is 0 Å². The van der Waals surface area contributed by atoms with Crippen LogP contribution in [0.3, 0.4) is 0 Å². The van der Waals surface area contributed by atoms with Gasteiger partial charge in [-0.1, -0.05) is 0 Å². The molecule has 0 aliphatic heterocycles. The lowest BCUT2D eigenvalue weighted by Gasteiger charge is -2.07. The highest BCUT2D eigenvalue weighted by atomic mass is 79.9. The first-order chi connectivity index (χ1) is 9.22. The van der Waals surface area contributed by atoms with E-state index in [0.29, 0.717) is 5.92 Å². The molecule has 0 atom stereocenters. The van der Waals surface area contributed by atoms with Crippen LogP contribution in [0.2, 0.25) is 0 Å². The number of aromatic nitrogens is 4. The summed E-state index contributed by atoms with van der Waals surface area (Å²) in [7, 11) is 2.01. The number of hydrogen-bond donors (Lipinski definition) is 1. The Kier molecular flexibility index (Phi) is 3.50. The van der Waals surface area contributed by atoms with Crippen molar-refractivity contribution in [2.45, 2.75) is 25.2 Å². The smallest absolute Gasteiger partial charge is 0.135 e. The molecular weight excluding hydrogens is 306 g/mol. The molecule has 0 spiro atoms. The molecule has 3 rings (SSSR count). The van der Waals surface area contributed by atoms with Crippen LogP contribution in [-0.2, 0) is 13.5 Å². The molecule has 0 amide bonds. The molecule has 2 aromatic heterocycles. The maximum absolute atomic E-state index is 4.56. The highest BCUT2D eigenvalue weighted by Crippen LogP contribution is 2.38. The largest absolute Gasteiger partial charge is 0.369 e. The number of imidazole rings is 1. The summed E-state index contributed by atoms with van der Waals surface area (Å²) >= 11 is 3.44. The van der Waals surface area contributed by atoms with Crippen LogP contribution in [0.15, 0.2) is 23.1 Å². The Balaban J connectivity index is 1.62. The van der Waals surface area contributed by atoms with Gasteiger partial charge in [-0.2, -0.15) is 0 Å². The molecule has 1 saturated carbocycles. The first-order valence-corrected chi connectivity index (χ1v) is 7.26. The molecule has 6 heteroatoms. The molecule has 100 valence electrons. The van der Waals surface area contributed by atoms with Gasteiger partial charge in [-0.25, -0.2) is 15.0 Å². The van der Waals surface area contributed by atoms with E-state index in [4.69, 9.17) is 0 Å². The van der Waals surface area contributed by atoms with E-state index in [-0.39, 0.29) is 0 Å². The minimum absolute atomic E-state index is 0.563. The van der Waals surface area contributed by atoms with Gasteiger partial charge in [-0.05, 0) is 28.8 Å². The van der Waals surface area contributed by atoms with Crippen molar-refractivity contribution in [1.29, 1.82) is 0 Å². The van der Waals surface area contributed by atoms with Gasteiger partial charge < -0.3 is 9.88 Å². The molecule has 0 aromatic carbocycles. The molecule has 1 N–H and O–H groups in total. The Hall–Kier alpha value is -1.43. The Morgan fingerprint density at radius 2 is 2.26 bits per heavy atom. The minimum atomic E-state index is 0.563. The van der Waals surface area contributed by atoms with E-state index in [2.05, 4.69) is 36.2 Å². The van der Waals surface area contributed by atoms with Gasteiger partial charge in [-0.3, -0.25) is 0 Å². The van der Waals surface area contributed by atoms with E-state index in [0.717, 1.165) is 35.0 Å². The molecule has 0 bridgehead atoms. The first-order valence-electron chi connectivity index (χ1n) is 6.47. The van der Waals surface area contributed by atoms with Crippen LogP contribution in [0.25, 0.3) is 0 Å². The summed E-state index contributed by atoms with van der Waals surface area (Å²) in [5.74, 6) is 3.47. The fourth-order valence-electron chi connectivity index (χ4n) is 1.99. The van der Waals surface area contributed by atoms with Gasteiger partial charge in [0.1, 0.15) is 22.1 Å². The third-order valence-electron chi connectivity index (χ3n) is 3.23. The molecule has 5 nitrogen and oxygen atoms in total. The maximum Gasteiger partial charge on any atom is 0.135 e. The van der Waals surface area contributed by atoms with Crippen LogP contribution in [-0.4, -0.2) is 26.1 Å². The quantitative estimate of drug-likeness (QED) is 0.860. The van der Waals surface area contributed by atoms with Crippen molar-refractivity contribution >= 4 is 21.7 Å². The minimum Gasteiger partial charge on any atom is -0.369 e. The second-order valence-corrected chi connectivity index (χ2v) is 5.65. The molecule has 1 aliphatic rings. The molecule has 1 aliphatic carbocycles. The Labute approximate surface area is 120 Å². The number of halogens is 1. The van der Waals surface area contributed by atoms with E-state index in [9.17, 15) is 0 Å². The van der Waals surface area contributed by atoms with E-state index in [1.54, 1.807) is 0 Å². The fraction of sp³-hybridized carbons (Fsp3) is 0.462. The van der Waals surface area contributed by atoms with Gasteiger partial charge in [0, 0.05) is 44.4 Å². The third kappa shape index (κ3) is 3.12. The van der Waals surface area contributed by atoms with E-state index in [1.807, 2.05) is 30.1 Å². The van der Waals surface area contributed by atoms with Crippen LogP contribution < -0.4 is 5.32 Å². The second-order valence-electron chi connectivity index (χ2n) is 4.84.